The Morgan fingerprint density at radius 2 is 2.27 bits per heavy atom. The Bertz CT molecular complexity index is 219. The highest BCUT2D eigenvalue weighted by Gasteiger charge is 2.22. The zero-order chi connectivity index (χ0) is 11.4. The Labute approximate surface area is 92.2 Å². The minimum Gasteiger partial charge on any atom is -0.375 e. The second-order valence-electron chi connectivity index (χ2n) is 4.53. The van der Waals surface area contributed by atoms with Crippen LogP contribution >= 0.6 is 0 Å². The number of morpholine rings is 1. The summed E-state index contributed by atoms with van der Waals surface area (Å²) >= 11 is 0. The highest BCUT2D eigenvalue weighted by molar-refractivity contribution is 5.78. The van der Waals surface area contributed by atoms with Gasteiger partial charge in [-0.3, -0.25) is 9.69 Å². The molecule has 1 aliphatic heterocycles. The molecule has 0 aromatic carbocycles. The van der Waals surface area contributed by atoms with Crippen LogP contribution in [-0.4, -0.2) is 61.1 Å². The molecule has 15 heavy (non-hydrogen) atoms. The van der Waals surface area contributed by atoms with Crippen LogP contribution in [0.5, 0.6) is 0 Å². The van der Waals surface area contributed by atoms with E-state index in [2.05, 4.69) is 18.7 Å². The average molecular weight is 214 g/mol. The predicted molar refractivity (Wildman–Crippen MR) is 59.8 cm³/mol. The highest BCUT2D eigenvalue weighted by Crippen LogP contribution is 2.05. The fourth-order valence-electron chi connectivity index (χ4n) is 1.54. The van der Waals surface area contributed by atoms with Crippen molar-refractivity contribution in [1.82, 2.24) is 9.80 Å². The van der Waals surface area contributed by atoms with Crippen LogP contribution in [0.1, 0.15) is 20.8 Å². The van der Waals surface area contributed by atoms with Gasteiger partial charge in [0.05, 0.1) is 19.3 Å². The van der Waals surface area contributed by atoms with E-state index in [9.17, 15) is 4.79 Å². The van der Waals surface area contributed by atoms with Crippen LogP contribution in [0.2, 0.25) is 0 Å². The van der Waals surface area contributed by atoms with E-state index in [1.54, 1.807) is 0 Å². The van der Waals surface area contributed by atoms with Crippen LogP contribution in [0.4, 0.5) is 0 Å². The van der Waals surface area contributed by atoms with Crippen molar-refractivity contribution < 1.29 is 9.53 Å². The van der Waals surface area contributed by atoms with Gasteiger partial charge in [-0.05, 0) is 27.8 Å². The summed E-state index contributed by atoms with van der Waals surface area (Å²) in [5.41, 5.74) is 0. The number of carbonyl (C=O) groups is 1. The third kappa shape index (κ3) is 3.80. The third-order valence-corrected chi connectivity index (χ3v) is 2.86. The van der Waals surface area contributed by atoms with Gasteiger partial charge in [-0.1, -0.05) is 0 Å². The van der Waals surface area contributed by atoms with E-state index in [0.29, 0.717) is 19.2 Å². The summed E-state index contributed by atoms with van der Waals surface area (Å²) in [6.45, 7) is 8.82. The number of ether oxygens (including phenoxy) is 1. The van der Waals surface area contributed by atoms with Crippen molar-refractivity contribution >= 4 is 5.91 Å². The number of amides is 1. The van der Waals surface area contributed by atoms with Gasteiger partial charge >= 0.3 is 0 Å². The molecule has 0 N–H and O–H groups in total. The first kappa shape index (κ1) is 12.5. The average Bonchev–Trinajstić information content (AvgIpc) is 2.17. The lowest BCUT2D eigenvalue weighted by Crippen LogP contribution is -2.48. The molecule has 0 aromatic rings. The van der Waals surface area contributed by atoms with Crippen molar-refractivity contribution in [3.63, 3.8) is 0 Å². The zero-order valence-corrected chi connectivity index (χ0v) is 10.2. The van der Waals surface area contributed by atoms with Crippen LogP contribution in [0.25, 0.3) is 0 Å². The van der Waals surface area contributed by atoms with E-state index < -0.39 is 0 Å². The molecule has 0 saturated carbocycles. The van der Waals surface area contributed by atoms with Crippen molar-refractivity contribution in [3.8, 4) is 0 Å². The summed E-state index contributed by atoms with van der Waals surface area (Å²) in [6, 6.07) is 0.410. The number of hydrogen-bond acceptors (Lipinski definition) is 3. The quantitative estimate of drug-likeness (QED) is 0.689. The predicted octanol–water partition coefficient (Wildman–Crippen LogP) is 0.574. The van der Waals surface area contributed by atoms with Crippen LogP contribution in [-0.2, 0) is 9.53 Å². The largest absolute Gasteiger partial charge is 0.375 e. The molecule has 1 atom stereocenters. The Kier molecular flexibility index (Phi) is 4.54. The van der Waals surface area contributed by atoms with Gasteiger partial charge in [0.15, 0.2) is 0 Å². The van der Waals surface area contributed by atoms with Crippen LogP contribution in [0.15, 0.2) is 0 Å². The van der Waals surface area contributed by atoms with Gasteiger partial charge < -0.3 is 9.64 Å². The molecule has 0 radical (unpaired) electrons. The lowest BCUT2D eigenvalue weighted by Gasteiger charge is -2.33. The fraction of sp³-hybridized carbons (Fsp3) is 0.909. The van der Waals surface area contributed by atoms with Crippen molar-refractivity contribution in [2.75, 3.05) is 33.3 Å². The molecule has 0 aromatic heterocycles. The third-order valence-electron chi connectivity index (χ3n) is 2.86. The molecule has 1 saturated heterocycles. The summed E-state index contributed by atoms with van der Waals surface area (Å²) in [4.78, 5) is 15.8. The summed E-state index contributed by atoms with van der Waals surface area (Å²) in [5.74, 6) is 0.210. The second-order valence-corrected chi connectivity index (χ2v) is 4.53. The second kappa shape index (κ2) is 5.47. The molecule has 4 nitrogen and oxygen atoms in total. The van der Waals surface area contributed by atoms with Crippen molar-refractivity contribution in [2.24, 2.45) is 0 Å². The summed E-state index contributed by atoms with van der Waals surface area (Å²) in [6.07, 6.45) is 0.173. The lowest BCUT2D eigenvalue weighted by molar-refractivity contribution is -0.139. The monoisotopic (exact) mass is 214 g/mol. The Morgan fingerprint density at radius 3 is 2.80 bits per heavy atom. The molecule has 1 rings (SSSR count). The first-order valence-electron chi connectivity index (χ1n) is 5.60. The first-order valence-corrected chi connectivity index (χ1v) is 5.60. The van der Waals surface area contributed by atoms with E-state index in [1.165, 1.54) is 0 Å². The molecular formula is C11H22N2O2. The van der Waals surface area contributed by atoms with Crippen molar-refractivity contribution in [1.29, 1.82) is 0 Å². The maximum Gasteiger partial charge on any atom is 0.236 e. The maximum absolute atomic E-state index is 11.9. The molecule has 0 spiro atoms. The van der Waals surface area contributed by atoms with E-state index in [4.69, 9.17) is 4.74 Å². The Morgan fingerprint density at radius 1 is 1.60 bits per heavy atom. The number of likely N-dealkylation sites (N-methyl/N-ethyl adjacent to an activating group) is 1. The summed E-state index contributed by atoms with van der Waals surface area (Å²) < 4.78 is 5.40. The molecule has 88 valence electrons. The van der Waals surface area contributed by atoms with Gasteiger partial charge in [0.1, 0.15) is 0 Å². The summed E-state index contributed by atoms with van der Waals surface area (Å²) in [5, 5.41) is 0. The van der Waals surface area contributed by atoms with Gasteiger partial charge in [0.2, 0.25) is 5.91 Å². The normalized spacial score (nSPS) is 22.5. The smallest absolute Gasteiger partial charge is 0.236 e. The van der Waals surface area contributed by atoms with E-state index in [-0.39, 0.29) is 12.0 Å². The van der Waals surface area contributed by atoms with E-state index in [1.807, 2.05) is 18.9 Å². The first-order chi connectivity index (χ1) is 7.00. The molecule has 4 heteroatoms. The van der Waals surface area contributed by atoms with Gasteiger partial charge in [-0.15, -0.1) is 0 Å². The van der Waals surface area contributed by atoms with Crippen molar-refractivity contribution in [3.05, 3.63) is 0 Å². The lowest BCUT2D eigenvalue weighted by atomic mass is 10.3. The molecule has 1 amide bonds. The Hall–Kier alpha value is -0.610. The maximum atomic E-state index is 11.9. The standard InChI is InChI=1S/C11H22N2O2/c1-9(2)12(4)8-11(14)13-5-6-15-10(3)7-13/h9-10H,5-8H2,1-4H3/t10-/m0/s1. The topological polar surface area (TPSA) is 32.8 Å². The number of rotatable bonds is 3. The number of hydrogen-bond donors (Lipinski definition) is 0. The zero-order valence-electron chi connectivity index (χ0n) is 10.2. The molecule has 0 bridgehead atoms. The Balaban J connectivity index is 2.39. The van der Waals surface area contributed by atoms with E-state index in [0.717, 1.165) is 13.1 Å². The van der Waals surface area contributed by atoms with Gasteiger partial charge in [-0.25, -0.2) is 0 Å². The highest BCUT2D eigenvalue weighted by atomic mass is 16.5. The molecule has 0 aliphatic carbocycles. The molecule has 0 unspecified atom stereocenters. The van der Waals surface area contributed by atoms with Gasteiger partial charge in [0.25, 0.3) is 0 Å². The summed E-state index contributed by atoms with van der Waals surface area (Å²) in [7, 11) is 1.98. The molecular weight excluding hydrogens is 192 g/mol. The van der Waals surface area contributed by atoms with Crippen LogP contribution in [0.3, 0.4) is 0 Å². The van der Waals surface area contributed by atoms with E-state index >= 15 is 0 Å². The minimum atomic E-state index is 0.173. The van der Waals surface area contributed by atoms with Gasteiger partial charge in [-0.2, -0.15) is 0 Å². The molecule has 1 fully saturated rings. The fourth-order valence-corrected chi connectivity index (χ4v) is 1.54. The van der Waals surface area contributed by atoms with Gasteiger partial charge in [0, 0.05) is 19.1 Å². The van der Waals surface area contributed by atoms with Crippen LogP contribution < -0.4 is 0 Å². The minimum absolute atomic E-state index is 0.173. The molecule has 1 aliphatic rings. The number of carbonyl (C=O) groups excluding carboxylic acids is 1. The SMILES string of the molecule is CC(C)N(C)CC(=O)N1CCO[C@@H](C)C1. The van der Waals surface area contributed by atoms with Crippen LogP contribution in [0, 0.1) is 0 Å². The molecule has 1 heterocycles. The number of nitrogens with zero attached hydrogens (tertiary/aromatic N) is 2. The van der Waals surface area contributed by atoms with Crippen molar-refractivity contribution in [2.45, 2.75) is 32.9 Å².